The molecule has 0 amide bonds. The molecule has 1 aromatic carbocycles. The molecule has 0 saturated heterocycles. The van der Waals surface area contributed by atoms with Crippen LogP contribution in [0.15, 0.2) is 36.4 Å². The van der Waals surface area contributed by atoms with Crippen molar-refractivity contribution in [3.05, 3.63) is 62.5 Å². The SMILES string of the molecule is CNC(Cc1ccc(I)cc1)c1cc(C)nc(C)c1. The Bertz CT molecular complexity index is 529. The molecule has 19 heavy (non-hydrogen) atoms. The van der Waals surface area contributed by atoms with E-state index in [0.717, 1.165) is 17.8 Å². The minimum Gasteiger partial charge on any atom is -0.313 e. The molecule has 1 atom stereocenters. The molecule has 100 valence electrons. The highest BCUT2D eigenvalue weighted by molar-refractivity contribution is 14.1. The number of likely N-dealkylation sites (N-methyl/N-ethyl adjacent to an activating group) is 1. The molecule has 0 radical (unpaired) electrons. The summed E-state index contributed by atoms with van der Waals surface area (Å²) in [5, 5.41) is 3.41. The van der Waals surface area contributed by atoms with E-state index in [4.69, 9.17) is 0 Å². The molecule has 1 aromatic heterocycles. The highest BCUT2D eigenvalue weighted by atomic mass is 127. The Morgan fingerprint density at radius 3 is 2.21 bits per heavy atom. The number of pyridine rings is 1. The van der Waals surface area contributed by atoms with Gasteiger partial charge in [-0.2, -0.15) is 0 Å². The maximum atomic E-state index is 4.44. The Labute approximate surface area is 128 Å². The van der Waals surface area contributed by atoms with E-state index in [-0.39, 0.29) is 0 Å². The Hall–Kier alpha value is -0.940. The molecular weight excluding hydrogens is 347 g/mol. The molecule has 0 saturated carbocycles. The van der Waals surface area contributed by atoms with Crippen LogP contribution in [0.25, 0.3) is 0 Å². The zero-order valence-electron chi connectivity index (χ0n) is 11.6. The lowest BCUT2D eigenvalue weighted by molar-refractivity contribution is 0.590. The van der Waals surface area contributed by atoms with Crippen molar-refractivity contribution in [3.8, 4) is 0 Å². The van der Waals surface area contributed by atoms with Crippen LogP contribution in [0.2, 0.25) is 0 Å². The summed E-state index contributed by atoms with van der Waals surface area (Å²) in [6.07, 6.45) is 0.996. The number of benzene rings is 1. The molecule has 0 aliphatic carbocycles. The van der Waals surface area contributed by atoms with Gasteiger partial charge in [0.05, 0.1) is 0 Å². The van der Waals surface area contributed by atoms with Gasteiger partial charge in [0.2, 0.25) is 0 Å². The van der Waals surface area contributed by atoms with Crippen LogP contribution < -0.4 is 5.32 Å². The number of hydrogen-bond acceptors (Lipinski definition) is 2. The van der Waals surface area contributed by atoms with Gasteiger partial charge in [0, 0.05) is 21.0 Å². The van der Waals surface area contributed by atoms with Gasteiger partial charge in [-0.3, -0.25) is 4.98 Å². The lowest BCUT2D eigenvalue weighted by Crippen LogP contribution is -2.19. The second-order valence-corrected chi connectivity index (χ2v) is 6.10. The van der Waals surface area contributed by atoms with Gasteiger partial charge in [0.15, 0.2) is 0 Å². The lowest BCUT2D eigenvalue weighted by atomic mass is 9.98. The lowest BCUT2D eigenvalue weighted by Gasteiger charge is -2.18. The van der Waals surface area contributed by atoms with Crippen molar-refractivity contribution in [2.45, 2.75) is 26.3 Å². The maximum absolute atomic E-state index is 4.44. The molecule has 0 bridgehead atoms. The van der Waals surface area contributed by atoms with Crippen molar-refractivity contribution in [2.75, 3.05) is 7.05 Å². The van der Waals surface area contributed by atoms with Crippen molar-refractivity contribution in [2.24, 2.45) is 0 Å². The number of hydrogen-bond donors (Lipinski definition) is 1. The fraction of sp³-hybridized carbons (Fsp3) is 0.312. The van der Waals surface area contributed by atoms with Crippen LogP contribution in [0.3, 0.4) is 0 Å². The molecular formula is C16H19IN2. The molecule has 2 rings (SSSR count). The van der Waals surface area contributed by atoms with E-state index in [2.05, 4.69) is 69.3 Å². The molecule has 1 heterocycles. The average Bonchev–Trinajstić information content (AvgIpc) is 2.37. The van der Waals surface area contributed by atoms with Crippen LogP contribution in [0.1, 0.15) is 28.6 Å². The Kier molecular flexibility index (Phi) is 4.93. The molecule has 3 heteroatoms. The highest BCUT2D eigenvalue weighted by Crippen LogP contribution is 2.20. The summed E-state index contributed by atoms with van der Waals surface area (Å²) in [5.41, 5.74) is 4.83. The minimum atomic E-state index is 0.334. The number of halogens is 1. The Morgan fingerprint density at radius 2 is 1.68 bits per heavy atom. The van der Waals surface area contributed by atoms with E-state index in [1.54, 1.807) is 0 Å². The van der Waals surface area contributed by atoms with E-state index in [1.165, 1.54) is 14.7 Å². The predicted molar refractivity (Wildman–Crippen MR) is 88.4 cm³/mol. The van der Waals surface area contributed by atoms with Gasteiger partial charge in [-0.05, 0) is 85.3 Å². The van der Waals surface area contributed by atoms with Crippen LogP contribution in [-0.2, 0) is 6.42 Å². The van der Waals surface area contributed by atoms with Crippen LogP contribution >= 0.6 is 22.6 Å². The standard InChI is InChI=1S/C16H19IN2/c1-11-8-14(9-12(2)19-11)16(18-3)10-13-4-6-15(17)7-5-13/h4-9,16,18H,10H2,1-3H3. The summed E-state index contributed by atoms with van der Waals surface area (Å²) in [7, 11) is 2.02. The van der Waals surface area contributed by atoms with Crippen molar-refractivity contribution in [3.63, 3.8) is 0 Å². The van der Waals surface area contributed by atoms with Crippen molar-refractivity contribution < 1.29 is 0 Å². The van der Waals surface area contributed by atoms with Crippen LogP contribution in [0.4, 0.5) is 0 Å². The predicted octanol–water partition coefficient (Wildman–Crippen LogP) is 3.81. The number of nitrogens with zero attached hydrogens (tertiary/aromatic N) is 1. The van der Waals surface area contributed by atoms with Gasteiger partial charge >= 0.3 is 0 Å². The summed E-state index contributed by atoms with van der Waals surface area (Å²) in [5.74, 6) is 0. The number of nitrogens with one attached hydrogen (secondary N) is 1. The monoisotopic (exact) mass is 366 g/mol. The second-order valence-electron chi connectivity index (χ2n) is 4.86. The molecule has 1 N–H and O–H groups in total. The highest BCUT2D eigenvalue weighted by Gasteiger charge is 2.11. The van der Waals surface area contributed by atoms with Gasteiger partial charge in [-0.25, -0.2) is 0 Å². The smallest absolute Gasteiger partial charge is 0.0379 e. The van der Waals surface area contributed by atoms with E-state index < -0.39 is 0 Å². The summed E-state index contributed by atoms with van der Waals surface area (Å²) in [4.78, 5) is 4.44. The quantitative estimate of drug-likeness (QED) is 0.833. The fourth-order valence-corrected chi connectivity index (χ4v) is 2.67. The van der Waals surface area contributed by atoms with E-state index in [9.17, 15) is 0 Å². The van der Waals surface area contributed by atoms with Crippen LogP contribution in [0.5, 0.6) is 0 Å². The normalized spacial score (nSPS) is 12.4. The molecule has 0 aliphatic heterocycles. The van der Waals surface area contributed by atoms with Crippen molar-refractivity contribution >= 4 is 22.6 Å². The molecule has 0 aliphatic rings. The van der Waals surface area contributed by atoms with Gasteiger partial charge in [0.1, 0.15) is 0 Å². The summed E-state index contributed by atoms with van der Waals surface area (Å²) in [6.45, 7) is 4.10. The first-order chi connectivity index (χ1) is 9.08. The summed E-state index contributed by atoms with van der Waals surface area (Å²) < 4.78 is 1.28. The maximum Gasteiger partial charge on any atom is 0.0379 e. The zero-order valence-corrected chi connectivity index (χ0v) is 13.7. The zero-order chi connectivity index (χ0) is 13.8. The van der Waals surface area contributed by atoms with Crippen molar-refractivity contribution in [1.82, 2.24) is 10.3 Å². The fourth-order valence-electron chi connectivity index (χ4n) is 2.31. The van der Waals surface area contributed by atoms with Crippen LogP contribution in [0, 0.1) is 17.4 Å². The topological polar surface area (TPSA) is 24.9 Å². The number of aromatic nitrogens is 1. The van der Waals surface area contributed by atoms with E-state index >= 15 is 0 Å². The first-order valence-corrected chi connectivity index (χ1v) is 7.53. The molecule has 2 nitrogen and oxygen atoms in total. The Balaban J connectivity index is 2.22. The third-order valence-electron chi connectivity index (χ3n) is 3.21. The van der Waals surface area contributed by atoms with Gasteiger partial charge < -0.3 is 5.32 Å². The third kappa shape index (κ3) is 4.01. The first kappa shape index (κ1) is 14.5. The molecule has 0 spiro atoms. The van der Waals surface area contributed by atoms with Gasteiger partial charge in [-0.1, -0.05) is 12.1 Å². The van der Waals surface area contributed by atoms with E-state index in [1.807, 2.05) is 20.9 Å². The molecule has 0 fully saturated rings. The molecule has 1 unspecified atom stereocenters. The minimum absolute atomic E-state index is 0.334. The van der Waals surface area contributed by atoms with Crippen molar-refractivity contribution in [1.29, 1.82) is 0 Å². The largest absolute Gasteiger partial charge is 0.313 e. The summed E-state index contributed by atoms with van der Waals surface area (Å²) >= 11 is 2.34. The average molecular weight is 366 g/mol. The molecule has 2 aromatic rings. The van der Waals surface area contributed by atoms with Gasteiger partial charge in [0.25, 0.3) is 0 Å². The number of aryl methyl sites for hydroxylation is 2. The number of rotatable bonds is 4. The van der Waals surface area contributed by atoms with Gasteiger partial charge in [-0.15, -0.1) is 0 Å². The van der Waals surface area contributed by atoms with E-state index in [0.29, 0.717) is 6.04 Å². The second kappa shape index (κ2) is 6.48. The Morgan fingerprint density at radius 1 is 1.11 bits per heavy atom. The first-order valence-electron chi connectivity index (χ1n) is 6.45. The third-order valence-corrected chi connectivity index (χ3v) is 3.93. The van der Waals surface area contributed by atoms with Crippen LogP contribution in [-0.4, -0.2) is 12.0 Å². The summed E-state index contributed by atoms with van der Waals surface area (Å²) in [6, 6.07) is 13.4.